The van der Waals surface area contributed by atoms with Gasteiger partial charge in [-0.15, -0.1) is 0 Å². The van der Waals surface area contributed by atoms with Crippen LogP contribution in [-0.4, -0.2) is 95.1 Å². The number of rotatable bonds is 8. The fraction of sp³-hybridized carbons (Fsp3) is 0.700. The van der Waals surface area contributed by atoms with Crippen LogP contribution < -0.4 is 5.32 Å². The van der Waals surface area contributed by atoms with Crippen molar-refractivity contribution in [1.82, 2.24) is 10.2 Å². The number of morpholine rings is 1. The number of hydrogen-bond donors (Lipinski definition) is 2. The van der Waals surface area contributed by atoms with E-state index in [1.54, 1.807) is 12.1 Å². The number of aliphatic hydroxyl groups excluding tert-OH is 1. The summed E-state index contributed by atoms with van der Waals surface area (Å²) in [5.41, 5.74) is 0.943. The van der Waals surface area contributed by atoms with Gasteiger partial charge in [0.25, 0.3) is 10.1 Å². The largest absolute Gasteiger partial charge is 0.388 e. The Labute approximate surface area is 177 Å². The molecule has 2 bridgehead atoms. The molecule has 3 saturated heterocycles. The van der Waals surface area contributed by atoms with Crippen molar-refractivity contribution in [3.63, 3.8) is 0 Å². The van der Waals surface area contributed by atoms with Crippen LogP contribution >= 0.6 is 0 Å². The highest BCUT2D eigenvalue weighted by Gasteiger charge is 2.52. The maximum absolute atomic E-state index is 12.7. The van der Waals surface area contributed by atoms with E-state index >= 15 is 0 Å². The van der Waals surface area contributed by atoms with Crippen molar-refractivity contribution < 1.29 is 31.9 Å². The lowest BCUT2D eigenvalue weighted by atomic mass is 9.98. The predicted molar refractivity (Wildman–Crippen MR) is 108 cm³/mol. The molecule has 10 heteroatoms. The highest BCUT2D eigenvalue weighted by atomic mass is 32.2. The molecule has 0 aliphatic carbocycles. The second-order valence-corrected chi connectivity index (χ2v) is 9.55. The molecule has 1 aromatic carbocycles. The molecule has 0 amide bonds. The minimum Gasteiger partial charge on any atom is -0.388 e. The van der Waals surface area contributed by atoms with Gasteiger partial charge in [0.2, 0.25) is 0 Å². The highest BCUT2D eigenvalue weighted by molar-refractivity contribution is 7.86. The van der Waals surface area contributed by atoms with E-state index < -0.39 is 34.7 Å². The maximum atomic E-state index is 12.7. The Bertz CT molecular complexity index is 798. The third kappa shape index (κ3) is 5.03. The van der Waals surface area contributed by atoms with Gasteiger partial charge in [-0.3, -0.25) is 9.08 Å². The van der Waals surface area contributed by atoms with E-state index in [0.717, 1.165) is 44.8 Å². The van der Waals surface area contributed by atoms with E-state index in [2.05, 4.69) is 10.2 Å². The Morgan fingerprint density at radius 1 is 1.23 bits per heavy atom. The molecule has 0 radical (unpaired) electrons. The Kier molecular flexibility index (Phi) is 7.05. The van der Waals surface area contributed by atoms with Gasteiger partial charge < -0.3 is 24.6 Å². The zero-order chi connectivity index (χ0) is 21.1. The van der Waals surface area contributed by atoms with E-state index in [-0.39, 0.29) is 17.6 Å². The van der Waals surface area contributed by atoms with Gasteiger partial charge in [0.05, 0.1) is 30.8 Å². The number of benzene rings is 1. The molecule has 9 nitrogen and oxygen atoms in total. The lowest BCUT2D eigenvalue weighted by Gasteiger charge is -2.38. The Balaban J connectivity index is 1.35. The van der Waals surface area contributed by atoms with Crippen LogP contribution in [0.4, 0.5) is 0 Å². The van der Waals surface area contributed by atoms with Gasteiger partial charge in [-0.1, -0.05) is 17.7 Å². The summed E-state index contributed by atoms with van der Waals surface area (Å²) in [6, 6.07) is 5.91. The molecule has 0 unspecified atom stereocenters. The van der Waals surface area contributed by atoms with Crippen LogP contribution in [0.1, 0.15) is 12.0 Å². The van der Waals surface area contributed by atoms with Crippen LogP contribution in [0.15, 0.2) is 29.2 Å². The Morgan fingerprint density at radius 2 is 1.97 bits per heavy atom. The van der Waals surface area contributed by atoms with Crippen LogP contribution in [0.5, 0.6) is 0 Å². The summed E-state index contributed by atoms with van der Waals surface area (Å²) in [5.74, 6) is 0. The normalized spacial score (nSPS) is 32.4. The van der Waals surface area contributed by atoms with Crippen LogP contribution in [-0.2, 0) is 28.5 Å². The topological polar surface area (TPSA) is 107 Å². The van der Waals surface area contributed by atoms with Crippen LogP contribution in [0.25, 0.3) is 0 Å². The monoisotopic (exact) mass is 442 g/mol. The first kappa shape index (κ1) is 22.1. The number of fused-ring (bicyclic) bond motifs is 2. The third-order valence-electron chi connectivity index (χ3n) is 5.79. The van der Waals surface area contributed by atoms with Crippen LogP contribution in [0, 0.1) is 6.92 Å². The van der Waals surface area contributed by atoms with Gasteiger partial charge in [-0.05, 0) is 38.6 Å². The summed E-state index contributed by atoms with van der Waals surface area (Å²) in [6.07, 6.45) is -2.55. The molecule has 168 valence electrons. The van der Waals surface area contributed by atoms with Gasteiger partial charge in [-0.2, -0.15) is 8.42 Å². The molecular weight excluding hydrogens is 412 g/mol. The van der Waals surface area contributed by atoms with Crippen molar-refractivity contribution in [3.05, 3.63) is 29.8 Å². The lowest BCUT2D eigenvalue weighted by Crippen LogP contribution is -2.60. The molecule has 3 aliphatic rings. The first-order chi connectivity index (χ1) is 14.4. The second kappa shape index (κ2) is 9.58. The summed E-state index contributed by atoms with van der Waals surface area (Å²) >= 11 is 0. The Morgan fingerprint density at radius 3 is 2.70 bits per heavy atom. The molecular formula is C20H30N2O7S. The van der Waals surface area contributed by atoms with E-state index in [0.29, 0.717) is 6.54 Å². The minimum atomic E-state index is -4.06. The summed E-state index contributed by atoms with van der Waals surface area (Å²) in [4.78, 5) is 2.38. The zero-order valence-corrected chi connectivity index (χ0v) is 17.9. The molecule has 3 heterocycles. The summed E-state index contributed by atoms with van der Waals surface area (Å²) in [7, 11) is -4.06. The number of nitrogens with zero attached hydrogens (tertiary/aromatic N) is 1. The summed E-state index contributed by atoms with van der Waals surface area (Å²) in [5, 5.41) is 14.2. The summed E-state index contributed by atoms with van der Waals surface area (Å²) < 4.78 is 47.5. The van der Waals surface area contributed by atoms with E-state index in [1.165, 1.54) is 12.1 Å². The maximum Gasteiger partial charge on any atom is 0.297 e. The summed E-state index contributed by atoms with van der Waals surface area (Å²) in [6.45, 7) is 7.15. The molecule has 1 aromatic rings. The standard InChI is InChI=1S/C20H30N2O7S/c1-14-3-5-15(6-4-14)30(24,25)29-19-18(23)17(16-13-27-20(19)28-16)21-7-2-8-22-9-11-26-12-10-22/h3-6,16-21,23H,2,7-13H2,1H3/t16-,17+,18-,19-,20+/m0/s1. The molecule has 0 saturated carbocycles. The van der Waals surface area contributed by atoms with Crippen LogP contribution in [0.2, 0.25) is 0 Å². The van der Waals surface area contributed by atoms with Gasteiger partial charge >= 0.3 is 0 Å². The average molecular weight is 443 g/mol. The van der Waals surface area contributed by atoms with Crippen molar-refractivity contribution in [3.8, 4) is 0 Å². The van der Waals surface area contributed by atoms with Gasteiger partial charge in [0.1, 0.15) is 12.2 Å². The SMILES string of the molecule is Cc1ccc(S(=O)(=O)O[C@@H]2[C@@H]3OC[C@H](O3)[C@@H](NCCCN3CCOCC3)[C@@H]2O)cc1. The van der Waals surface area contributed by atoms with Crippen LogP contribution in [0.3, 0.4) is 0 Å². The molecule has 4 rings (SSSR count). The molecule has 5 atom stereocenters. The number of ether oxygens (including phenoxy) is 3. The molecule has 30 heavy (non-hydrogen) atoms. The quantitative estimate of drug-likeness (QED) is 0.420. The van der Waals surface area contributed by atoms with Crippen molar-refractivity contribution in [1.29, 1.82) is 0 Å². The molecule has 2 N–H and O–H groups in total. The molecule has 0 spiro atoms. The fourth-order valence-corrected chi connectivity index (χ4v) is 5.12. The van der Waals surface area contributed by atoms with Crippen molar-refractivity contribution >= 4 is 10.1 Å². The first-order valence-electron chi connectivity index (χ1n) is 10.4. The molecule has 3 aliphatic heterocycles. The number of hydrogen-bond acceptors (Lipinski definition) is 9. The zero-order valence-electron chi connectivity index (χ0n) is 17.1. The van der Waals surface area contributed by atoms with Gasteiger partial charge in [0, 0.05) is 13.1 Å². The fourth-order valence-electron chi connectivity index (χ4n) is 4.04. The lowest BCUT2D eigenvalue weighted by molar-refractivity contribution is -0.192. The van der Waals surface area contributed by atoms with Crippen molar-refractivity contribution in [2.75, 3.05) is 46.0 Å². The third-order valence-corrected chi connectivity index (χ3v) is 7.11. The molecule has 3 fully saturated rings. The van der Waals surface area contributed by atoms with E-state index in [9.17, 15) is 13.5 Å². The number of aliphatic hydroxyl groups is 1. The number of nitrogens with one attached hydrogen (secondary N) is 1. The predicted octanol–water partition coefficient (Wildman–Crippen LogP) is -0.135. The number of aryl methyl sites for hydroxylation is 1. The van der Waals surface area contributed by atoms with Gasteiger partial charge in [0.15, 0.2) is 12.4 Å². The van der Waals surface area contributed by atoms with Crippen molar-refractivity contribution in [2.24, 2.45) is 0 Å². The Hall–Kier alpha value is -1.11. The first-order valence-corrected chi connectivity index (χ1v) is 11.8. The molecule has 0 aromatic heterocycles. The second-order valence-electron chi connectivity index (χ2n) is 7.98. The van der Waals surface area contributed by atoms with E-state index in [4.69, 9.17) is 18.4 Å². The minimum absolute atomic E-state index is 0.0374. The average Bonchev–Trinajstić information content (AvgIpc) is 3.18. The smallest absolute Gasteiger partial charge is 0.297 e. The van der Waals surface area contributed by atoms with Gasteiger partial charge in [-0.25, -0.2) is 0 Å². The highest BCUT2D eigenvalue weighted by Crippen LogP contribution is 2.32. The van der Waals surface area contributed by atoms with E-state index in [1.807, 2.05) is 6.92 Å². The van der Waals surface area contributed by atoms with Crippen molar-refractivity contribution in [2.45, 2.75) is 48.9 Å².